The molecule has 0 fully saturated rings. The van der Waals surface area contributed by atoms with Crippen LogP contribution in [0.5, 0.6) is 0 Å². The van der Waals surface area contributed by atoms with Crippen molar-refractivity contribution in [1.82, 2.24) is 9.59 Å². The summed E-state index contributed by atoms with van der Waals surface area (Å²) in [6, 6.07) is 4.12. The molecule has 0 spiro atoms. The summed E-state index contributed by atoms with van der Waals surface area (Å²) in [6.07, 6.45) is 0.534. The predicted octanol–water partition coefficient (Wildman–Crippen LogP) is 3.87. The number of nitrogens with zero attached hydrogens (tertiary/aromatic N) is 2. The molecule has 0 aliphatic carbocycles. The zero-order valence-electron chi connectivity index (χ0n) is 11.7. The Morgan fingerprint density at radius 2 is 2.10 bits per heavy atom. The Hall–Kier alpha value is -1.04. The first-order valence-corrected chi connectivity index (χ1v) is 7.46. The topological polar surface area (TPSA) is 51.8 Å². The minimum absolute atomic E-state index is 0.105. The molecule has 3 nitrogen and oxygen atoms in total. The summed E-state index contributed by atoms with van der Waals surface area (Å²) in [5, 5.41) is 4.58. The van der Waals surface area contributed by atoms with Crippen molar-refractivity contribution in [3.8, 4) is 0 Å². The van der Waals surface area contributed by atoms with E-state index < -0.39 is 0 Å². The van der Waals surface area contributed by atoms with E-state index in [1.165, 1.54) is 23.7 Å². The second-order valence-corrected chi connectivity index (χ2v) is 6.98. The van der Waals surface area contributed by atoms with Crippen LogP contribution in [0.4, 0.5) is 4.39 Å². The average Bonchev–Trinajstić information content (AvgIpc) is 2.81. The first kappa shape index (κ1) is 15.4. The molecule has 1 aromatic heterocycles. The average molecular weight is 314 g/mol. The summed E-state index contributed by atoms with van der Waals surface area (Å²) in [4.78, 5) is 0.956. The van der Waals surface area contributed by atoms with Crippen LogP contribution >= 0.6 is 23.1 Å². The van der Waals surface area contributed by atoms with Crippen molar-refractivity contribution in [3.05, 3.63) is 45.2 Å². The molecule has 0 radical (unpaired) electrons. The van der Waals surface area contributed by atoms with Crippen LogP contribution in [-0.4, -0.2) is 9.59 Å². The molecule has 20 heavy (non-hydrogen) atoms. The lowest BCUT2D eigenvalue weighted by molar-refractivity contribution is 0.550. The molecule has 108 valence electrons. The minimum atomic E-state index is -0.345. The van der Waals surface area contributed by atoms with Crippen molar-refractivity contribution in [3.63, 3.8) is 0 Å². The maximum absolute atomic E-state index is 13.0. The molecule has 0 aliphatic rings. The lowest BCUT2D eigenvalue weighted by Crippen LogP contribution is -2.20. The van der Waals surface area contributed by atoms with Gasteiger partial charge in [-0.25, -0.2) is 4.39 Å². The molecular formula is C14H17ClFN3S. The third-order valence-electron chi connectivity index (χ3n) is 3.02. The molecule has 0 saturated carbocycles. The highest BCUT2D eigenvalue weighted by Crippen LogP contribution is 2.31. The molecule has 1 aromatic carbocycles. The third-order valence-corrected chi connectivity index (χ3v) is 4.22. The Morgan fingerprint density at radius 3 is 2.70 bits per heavy atom. The normalized spacial score (nSPS) is 13.5. The van der Waals surface area contributed by atoms with E-state index in [4.69, 9.17) is 17.3 Å². The second kappa shape index (κ2) is 5.76. The quantitative estimate of drug-likeness (QED) is 0.935. The lowest BCUT2D eigenvalue weighted by Gasteiger charge is -2.19. The molecule has 1 unspecified atom stereocenters. The molecule has 0 bridgehead atoms. The van der Waals surface area contributed by atoms with E-state index in [2.05, 4.69) is 30.4 Å². The summed E-state index contributed by atoms with van der Waals surface area (Å²) in [7, 11) is 0. The van der Waals surface area contributed by atoms with Gasteiger partial charge in [0.25, 0.3) is 0 Å². The first-order chi connectivity index (χ1) is 9.29. The molecule has 2 rings (SSSR count). The Kier molecular flexibility index (Phi) is 4.42. The number of hydrogen-bond donors (Lipinski definition) is 1. The highest BCUT2D eigenvalue weighted by molar-refractivity contribution is 7.05. The van der Waals surface area contributed by atoms with Crippen LogP contribution in [0, 0.1) is 5.82 Å². The number of benzene rings is 1. The van der Waals surface area contributed by atoms with Crippen molar-refractivity contribution >= 4 is 23.1 Å². The maximum atomic E-state index is 13.0. The van der Waals surface area contributed by atoms with Crippen LogP contribution < -0.4 is 5.73 Å². The molecule has 1 atom stereocenters. The number of rotatable bonds is 3. The van der Waals surface area contributed by atoms with Gasteiger partial charge in [-0.15, -0.1) is 5.10 Å². The Balaban J connectivity index is 2.25. The highest BCUT2D eigenvalue weighted by Gasteiger charge is 2.26. The molecule has 1 heterocycles. The summed E-state index contributed by atoms with van der Waals surface area (Å²) < 4.78 is 17.1. The van der Waals surface area contributed by atoms with E-state index in [0.717, 1.165) is 16.1 Å². The fourth-order valence-corrected chi connectivity index (χ4v) is 3.08. The van der Waals surface area contributed by atoms with Gasteiger partial charge in [0.05, 0.1) is 10.6 Å². The third kappa shape index (κ3) is 3.34. The van der Waals surface area contributed by atoms with Crippen LogP contribution in [-0.2, 0) is 11.8 Å². The predicted molar refractivity (Wildman–Crippen MR) is 80.7 cm³/mol. The first-order valence-electron chi connectivity index (χ1n) is 6.31. The number of halogens is 2. The van der Waals surface area contributed by atoms with Crippen molar-refractivity contribution in [2.24, 2.45) is 5.73 Å². The molecule has 0 amide bonds. The van der Waals surface area contributed by atoms with Gasteiger partial charge in [0.2, 0.25) is 0 Å². The van der Waals surface area contributed by atoms with E-state index in [1.54, 1.807) is 6.07 Å². The lowest BCUT2D eigenvalue weighted by atomic mass is 9.89. The van der Waals surface area contributed by atoms with Crippen molar-refractivity contribution < 1.29 is 4.39 Å². The van der Waals surface area contributed by atoms with Gasteiger partial charge in [-0.05, 0) is 35.6 Å². The number of aromatic nitrogens is 2. The van der Waals surface area contributed by atoms with Gasteiger partial charge < -0.3 is 5.73 Å². The largest absolute Gasteiger partial charge is 0.323 e. The fourth-order valence-electron chi connectivity index (χ4n) is 1.98. The van der Waals surface area contributed by atoms with Crippen molar-refractivity contribution in [2.45, 2.75) is 38.6 Å². The fraction of sp³-hybridized carbons (Fsp3) is 0.429. The van der Waals surface area contributed by atoms with E-state index >= 15 is 0 Å². The highest BCUT2D eigenvalue weighted by atomic mass is 35.5. The van der Waals surface area contributed by atoms with Crippen LogP contribution in [0.15, 0.2) is 18.2 Å². The van der Waals surface area contributed by atoms with Crippen molar-refractivity contribution in [2.75, 3.05) is 0 Å². The molecule has 2 N–H and O–H groups in total. The van der Waals surface area contributed by atoms with Gasteiger partial charge in [0, 0.05) is 16.5 Å². The number of hydrogen-bond acceptors (Lipinski definition) is 4. The molecule has 2 aromatic rings. The smallest absolute Gasteiger partial charge is 0.124 e. The Bertz CT molecular complexity index is 607. The maximum Gasteiger partial charge on any atom is 0.124 e. The van der Waals surface area contributed by atoms with Gasteiger partial charge in [-0.2, -0.15) is 0 Å². The molecule has 6 heteroatoms. The SMILES string of the molecule is CC(C)(C)c1nnsc1C(N)Cc1ccc(F)cc1Cl. The van der Waals surface area contributed by atoms with Gasteiger partial charge in [0.1, 0.15) is 5.82 Å². The van der Waals surface area contributed by atoms with Crippen LogP contribution in [0.2, 0.25) is 5.02 Å². The Morgan fingerprint density at radius 1 is 1.40 bits per heavy atom. The minimum Gasteiger partial charge on any atom is -0.323 e. The monoisotopic (exact) mass is 313 g/mol. The summed E-state index contributed by atoms with van der Waals surface area (Å²) in [5.41, 5.74) is 7.89. The summed E-state index contributed by atoms with van der Waals surface area (Å²) >= 11 is 7.35. The van der Waals surface area contributed by atoms with Gasteiger partial charge >= 0.3 is 0 Å². The summed E-state index contributed by atoms with van der Waals surface area (Å²) in [6.45, 7) is 6.22. The van der Waals surface area contributed by atoms with Crippen LogP contribution in [0.3, 0.4) is 0 Å². The van der Waals surface area contributed by atoms with Crippen molar-refractivity contribution in [1.29, 1.82) is 0 Å². The summed E-state index contributed by atoms with van der Waals surface area (Å²) in [5.74, 6) is -0.345. The van der Waals surface area contributed by atoms with Gasteiger partial charge in [-0.3, -0.25) is 0 Å². The molecular weight excluding hydrogens is 297 g/mol. The van der Waals surface area contributed by atoms with Crippen LogP contribution in [0.25, 0.3) is 0 Å². The molecule has 0 aliphatic heterocycles. The molecule has 0 saturated heterocycles. The number of nitrogens with two attached hydrogens (primary N) is 1. The van der Waals surface area contributed by atoms with E-state index in [-0.39, 0.29) is 17.3 Å². The van der Waals surface area contributed by atoms with E-state index in [9.17, 15) is 4.39 Å². The van der Waals surface area contributed by atoms with E-state index in [0.29, 0.717) is 11.4 Å². The van der Waals surface area contributed by atoms with Gasteiger partial charge in [0.15, 0.2) is 0 Å². The Labute approximate surface area is 127 Å². The second-order valence-electron chi connectivity index (χ2n) is 5.78. The zero-order chi connectivity index (χ0) is 14.9. The standard InChI is InChI=1S/C14H17ClFN3S/c1-14(2,3)13-12(20-19-18-13)11(17)6-8-4-5-9(16)7-10(8)15/h4-5,7,11H,6,17H2,1-3H3. The van der Waals surface area contributed by atoms with Gasteiger partial charge in [-0.1, -0.05) is 42.9 Å². The van der Waals surface area contributed by atoms with E-state index in [1.807, 2.05) is 0 Å². The van der Waals surface area contributed by atoms with Crippen LogP contribution in [0.1, 0.15) is 42.9 Å². The zero-order valence-corrected chi connectivity index (χ0v) is 13.2.